The molecular formula is C22H25N3O3. The van der Waals surface area contributed by atoms with E-state index >= 15 is 0 Å². The van der Waals surface area contributed by atoms with E-state index in [1.165, 1.54) is 16.8 Å². The highest BCUT2D eigenvalue weighted by molar-refractivity contribution is 6.04. The second-order valence-electron chi connectivity index (χ2n) is 6.67. The predicted molar refractivity (Wildman–Crippen MR) is 109 cm³/mol. The van der Waals surface area contributed by atoms with E-state index in [1.807, 2.05) is 42.9 Å². The number of hydrogen-bond acceptors (Lipinski definition) is 4. The Hall–Kier alpha value is -3.28. The zero-order valence-corrected chi connectivity index (χ0v) is 16.9. The Labute approximate surface area is 165 Å². The van der Waals surface area contributed by atoms with Gasteiger partial charge >= 0.3 is 0 Å². The molecule has 0 atom stereocenters. The Bertz CT molecular complexity index is 991. The van der Waals surface area contributed by atoms with E-state index in [9.17, 15) is 4.79 Å². The monoisotopic (exact) mass is 379 g/mol. The Kier molecular flexibility index (Phi) is 5.68. The van der Waals surface area contributed by atoms with Gasteiger partial charge in [-0.2, -0.15) is 5.10 Å². The van der Waals surface area contributed by atoms with Crippen molar-refractivity contribution in [3.63, 3.8) is 0 Å². The van der Waals surface area contributed by atoms with Crippen molar-refractivity contribution in [3.05, 3.63) is 70.5 Å². The summed E-state index contributed by atoms with van der Waals surface area (Å²) >= 11 is 0. The second-order valence-corrected chi connectivity index (χ2v) is 6.67. The van der Waals surface area contributed by atoms with E-state index in [1.54, 1.807) is 32.4 Å². The van der Waals surface area contributed by atoms with Gasteiger partial charge < -0.3 is 14.8 Å². The molecule has 1 amide bonds. The molecule has 0 aliphatic heterocycles. The van der Waals surface area contributed by atoms with Crippen molar-refractivity contribution >= 4 is 11.6 Å². The zero-order valence-electron chi connectivity index (χ0n) is 16.9. The number of nitrogens with one attached hydrogen (secondary N) is 1. The predicted octanol–water partition coefficient (Wildman–Crippen LogP) is 3.90. The second kappa shape index (κ2) is 8.17. The van der Waals surface area contributed by atoms with Crippen LogP contribution in [0.2, 0.25) is 0 Å². The first-order valence-corrected chi connectivity index (χ1v) is 9.04. The number of rotatable bonds is 6. The third-order valence-corrected chi connectivity index (χ3v) is 4.90. The van der Waals surface area contributed by atoms with Gasteiger partial charge in [-0.3, -0.25) is 9.48 Å². The molecule has 0 radical (unpaired) electrons. The van der Waals surface area contributed by atoms with Crippen LogP contribution in [0.1, 0.15) is 32.9 Å². The Balaban J connectivity index is 1.71. The molecule has 2 aromatic carbocycles. The van der Waals surface area contributed by atoms with Gasteiger partial charge in [-0.1, -0.05) is 12.1 Å². The van der Waals surface area contributed by atoms with Gasteiger partial charge in [0.1, 0.15) is 0 Å². The van der Waals surface area contributed by atoms with Crippen molar-refractivity contribution in [1.29, 1.82) is 0 Å². The molecule has 28 heavy (non-hydrogen) atoms. The van der Waals surface area contributed by atoms with Crippen LogP contribution < -0.4 is 14.8 Å². The van der Waals surface area contributed by atoms with Crippen LogP contribution in [0, 0.1) is 13.8 Å². The minimum atomic E-state index is -0.201. The van der Waals surface area contributed by atoms with E-state index in [-0.39, 0.29) is 5.91 Å². The summed E-state index contributed by atoms with van der Waals surface area (Å²) in [6.07, 6.45) is 0.815. The molecule has 0 spiro atoms. The van der Waals surface area contributed by atoms with Crippen molar-refractivity contribution in [2.45, 2.75) is 20.3 Å². The van der Waals surface area contributed by atoms with Crippen LogP contribution in [0.15, 0.2) is 42.5 Å². The maximum atomic E-state index is 12.5. The number of nitrogens with zero attached hydrogens (tertiary/aromatic N) is 2. The Morgan fingerprint density at radius 1 is 1.04 bits per heavy atom. The van der Waals surface area contributed by atoms with Gasteiger partial charge in [0.25, 0.3) is 5.91 Å². The molecule has 1 N–H and O–H groups in total. The van der Waals surface area contributed by atoms with Gasteiger partial charge in [-0.15, -0.1) is 0 Å². The lowest BCUT2D eigenvalue weighted by atomic mass is 10.0. The van der Waals surface area contributed by atoms with Crippen molar-refractivity contribution in [3.8, 4) is 11.5 Å². The number of ether oxygens (including phenoxy) is 2. The SMILES string of the molecule is COc1ccc(C(=O)Nc2ccc(Cc3c(C)nn(C)c3C)cc2)cc1OC. The van der Waals surface area contributed by atoms with Gasteiger partial charge in [0.15, 0.2) is 11.5 Å². The molecule has 0 saturated carbocycles. The minimum absolute atomic E-state index is 0.201. The molecule has 0 saturated heterocycles. The molecule has 0 bridgehead atoms. The van der Waals surface area contributed by atoms with E-state index in [2.05, 4.69) is 17.3 Å². The van der Waals surface area contributed by atoms with Crippen LogP contribution in [-0.4, -0.2) is 29.9 Å². The van der Waals surface area contributed by atoms with Crippen LogP contribution in [0.3, 0.4) is 0 Å². The number of amides is 1. The van der Waals surface area contributed by atoms with Crippen LogP contribution in [0.25, 0.3) is 0 Å². The molecule has 0 aliphatic rings. The lowest BCUT2D eigenvalue weighted by molar-refractivity contribution is 0.102. The summed E-state index contributed by atoms with van der Waals surface area (Å²) in [5.41, 5.74) is 5.87. The third-order valence-electron chi connectivity index (χ3n) is 4.90. The molecule has 1 aromatic heterocycles. The standard InChI is InChI=1S/C22H25N3O3/c1-14-19(15(2)25(3)24-14)12-16-6-9-18(10-7-16)23-22(26)17-8-11-20(27-4)21(13-17)28-5/h6-11,13H,12H2,1-5H3,(H,23,26). The van der Waals surface area contributed by atoms with Crippen LogP contribution in [0.5, 0.6) is 11.5 Å². The fraction of sp³-hybridized carbons (Fsp3) is 0.273. The van der Waals surface area contributed by atoms with Crippen LogP contribution in [-0.2, 0) is 13.5 Å². The fourth-order valence-corrected chi connectivity index (χ4v) is 3.16. The summed E-state index contributed by atoms with van der Waals surface area (Å²) in [6, 6.07) is 13.0. The molecule has 3 rings (SSSR count). The average molecular weight is 379 g/mol. The summed E-state index contributed by atoms with van der Waals surface area (Å²) < 4.78 is 12.4. The molecule has 146 valence electrons. The first-order chi connectivity index (χ1) is 13.4. The summed E-state index contributed by atoms with van der Waals surface area (Å²) in [7, 11) is 5.07. The summed E-state index contributed by atoms with van der Waals surface area (Å²) in [4.78, 5) is 12.5. The van der Waals surface area contributed by atoms with Crippen LogP contribution in [0.4, 0.5) is 5.69 Å². The van der Waals surface area contributed by atoms with E-state index < -0.39 is 0 Å². The highest BCUT2D eigenvalue weighted by atomic mass is 16.5. The highest BCUT2D eigenvalue weighted by Crippen LogP contribution is 2.28. The summed E-state index contributed by atoms with van der Waals surface area (Å²) in [5.74, 6) is 0.907. The number of carbonyl (C=O) groups excluding carboxylic acids is 1. The maximum Gasteiger partial charge on any atom is 0.255 e. The van der Waals surface area contributed by atoms with Gasteiger partial charge in [-0.05, 0) is 49.7 Å². The smallest absolute Gasteiger partial charge is 0.255 e. The normalized spacial score (nSPS) is 10.6. The van der Waals surface area contributed by atoms with Gasteiger partial charge in [-0.25, -0.2) is 0 Å². The van der Waals surface area contributed by atoms with E-state index in [0.29, 0.717) is 17.1 Å². The number of methoxy groups -OCH3 is 2. The fourth-order valence-electron chi connectivity index (χ4n) is 3.16. The zero-order chi connectivity index (χ0) is 20.3. The van der Waals surface area contributed by atoms with Crippen molar-refractivity contribution < 1.29 is 14.3 Å². The Morgan fingerprint density at radius 3 is 2.29 bits per heavy atom. The van der Waals surface area contributed by atoms with E-state index in [0.717, 1.165) is 17.8 Å². The lowest BCUT2D eigenvalue weighted by Gasteiger charge is -2.10. The minimum Gasteiger partial charge on any atom is -0.493 e. The van der Waals surface area contributed by atoms with Crippen LogP contribution >= 0.6 is 0 Å². The molecule has 0 fully saturated rings. The van der Waals surface area contributed by atoms with Gasteiger partial charge in [0.2, 0.25) is 0 Å². The van der Waals surface area contributed by atoms with E-state index in [4.69, 9.17) is 9.47 Å². The van der Waals surface area contributed by atoms with Gasteiger partial charge in [0, 0.05) is 36.0 Å². The molecular weight excluding hydrogens is 354 g/mol. The maximum absolute atomic E-state index is 12.5. The van der Waals surface area contributed by atoms with Gasteiger partial charge in [0.05, 0.1) is 19.9 Å². The number of aryl methyl sites for hydroxylation is 2. The summed E-state index contributed by atoms with van der Waals surface area (Å²) in [5, 5.41) is 7.38. The molecule has 6 nitrogen and oxygen atoms in total. The average Bonchev–Trinajstić information content (AvgIpc) is 2.94. The molecule has 6 heteroatoms. The molecule has 0 aliphatic carbocycles. The third kappa shape index (κ3) is 4.01. The number of carbonyl (C=O) groups is 1. The molecule has 0 unspecified atom stereocenters. The number of aromatic nitrogens is 2. The van der Waals surface area contributed by atoms with Crippen molar-refractivity contribution in [2.75, 3.05) is 19.5 Å². The Morgan fingerprint density at radius 2 is 1.71 bits per heavy atom. The van der Waals surface area contributed by atoms with Crippen molar-refractivity contribution in [1.82, 2.24) is 9.78 Å². The number of benzene rings is 2. The largest absolute Gasteiger partial charge is 0.493 e. The highest BCUT2D eigenvalue weighted by Gasteiger charge is 2.12. The molecule has 3 aromatic rings. The quantitative estimate of drug-likeness (QED) is 0.705. The first kappa shape index (κ1) is 19.5. The van der Waals surface area contributed by atoms with Crippen molar-refractivity contribution in [2.24, 2.45) is 7.05 Å². The number of anilines is 1. The molecule has 1 heterocycles. The first-order valence-electron chi connectivity index (χ1n) is 9.04. The lowest BCUT2D eigenvalue weighted by Crippen LogP contribution is -2.12. The summed E-state index contributed by atoms with van der Waals surface area (Å²) in [6.45, 7) is 4.10. The topological polar surface area (TPSA) is 65.4 Å². The number of hydrogen-bond donors (Lipinski definition) is 1.